The van der Waals surface area contributed by atoms with Crippen LogP contribution in [0.2, 0.25) is 0 Å². The van der Waals surface area contributed by atoms with Crippen LogP contribution in [-0.2, 0) is 19.6 Å². The Morgan fingerprint density at radius 1 is 1.00 bits per heavy atom. The molecule has 1 aromatic rings. The van der Waals surface area contributed by atoms with Gasteiger partial charge in [-0.1, -0.05) is 0 Å². The Labute approximate surface area is 121 Å². The standard InChI is InChI=1S/C13H13FN2O4S/c14-9-1-3-11(4-2-9)21(19,20)15-7-10(8-15)16-12(17)5-6-13(16)18/h1-4,10H,5-8H2. The Balaban J connectivity index is 1.72. The Morgan fingerprint density at radius 3 is 2.05 bits per heavy atom. The predicted molar refractivity (Wildman–Crippen MR) is 70.0 cm³/mol. The van der Waals surface area contributed by atoms with Gasteiger partial charge in [0.1, 0.15) is 5.82 Å². The fraction of sp³-hybridized carbons (Fsp3) is 0.385. The third-order valence-electron chi connectivity index (χ3n) is 3.74. The van der Waals surface area contributed by atoms with E-state index in [1.165, 1.54) is 16.4 Å². The summed E-state index contributed by atoms with van der Waals surface area (Å²) in [5.74, 6) is -1.00. The number of amides is 2. The molecule has 0 unspecified atom stereocenters. The number of carbonyl (C=O) groups is 2. The second-order valence-corrected chi connectivity index (χ2v) is 7.03. The maximum Gasteiger partial charge on any atom is 0.243 e. The van der Waals surface area contributed by atoms with Crippen LogP contribution in [0, 0.1) is 5.82 Å². The van der Waals surface area contributed by atoms with Crippen LogP contribution in [0.3, 0.4) is 0 Å². The SMILES string of the molecule is O=C1CCC(=O)N1C1CN(S(=O)(=O)c2ccc(F)cc2)C1. The number of hydrogen-bond acceptors (Lipinski definition) is 4. The van der Waals surface area contributed by atoms with Gasteiger partial charge in [0.15, 0.2) is 0 Å². The molecule has 6 nitrogen and oxygen atoms in total. The second-order valence-electron chi connectivity index (χ2n) is 5.09. The average Bonchev–Trinajstić information content (AvgIpc) is 2.69. The van der Waals surface area contributed by atoms with E-state index in [1.54, 1.807) is 0 Å². The topological polar surface area (TPSA) is 74.8 Å². The molecule has 2 heterocycles. The van der Waals surface area contributed by atoms with Gasteiger partial charge in [-0.25, -0.2) is 12.8 Å². The van der Waals surface area contributed by atoms with Crippen molar-refractivity contribution in [3.8, 4) is 0 Å². The zero-order valence-corrected chi connectivity index (χ0v) is 11.8. The van der Waals surface area contributed by atoms with Gasteiger partial charge >= 0.3 is 0 Å². The molecule has 0 aliphatic carbocycles. The summed E-state index contributed by atoms with van der Waals surface area (Å²) in [6, 6.07) is 4.17. The Bertz CT molecular complexity index is 679. The van der Waals surface area contributed by atoms with Crippen molar-refractivity contribution in [2.75, 3.05) is 13.1 Å². The Morgan fingerprint density at radius 2 is 1.52 bits per heavy atom. The Hall–Kier alpha value is -1.80. The zero-order chi connectivity index (χ0) is 15.2. The predicted octanol–water partition coefficient (Wildman–Crippen LogP) is 0.348. The molecule has 2 amide bonds. The molecule has 0 bridgehead atoms. The van der Waals surface area contributed by atoms with E-state index in [2.05, 4.69) is 0 Å². The molecule has 21 heavy (non-hydrogen) atoms. The van der Waals surface area contributed by atoms with Crippen molar-refractivity contribution >= 4 is 21.8 Å². The van der Waals surface area contributed by atoms with Gasteiger partial charge in [0.2, 0.25) is 21.8 Å². The highest BCUT2D eigenvalue weighted by atomic mass is 32.2. The third kappa shape index (κ3) is 2.34. The summed E-state index contributed by atoms with van der Waals surface area (Å²) < 4.78 is 38.5. The molecule has 0 aromatic heterocycles. The van der Waals surface area contributed by atoms with E-state index in [0.717, 1.165) is 17.0 Å². The average molecular weight is 312 g/mol. The minimum Gasteiger partial charge on any atom is -0.277 e. The summed E-state index contributed by atoms with van der Waals surface area (Å²) in [5.41, 5.74) is 0. The number of rotatable bonds is 3. The maximum absolute atomic E-state index is 12.8. The minimum absolute atomic E-state index is 0.00132. The lowest BCUT2D eigenvalue weighted by molar-refractivity contribution is -0.143. The molecular weight excluding hydrogens is 299 g/mol. The highest BCUT2D eigenvalue weighted by Gasteiger charge is 2.45. The first kappa shape index (κ1) is 14.2. The van der Waals surface area contributed by atoms with Crippen LogP contribution >= 0.6 is 0 Å². The molecule has 0 spiro atoms. The number of hydrogen-bond donors (Lipinski definition) is 0. The van der Waals surface area contributed by atoms with Gasteiger partial charge in [-0.15, -0.1) is 0 Å². The van der Waals surface area contributed by atoms with Crippen molar-refractivity contribution in [2.45, 2.75) is 23.8 Å². The van der Waals surface area contributed by atoms with E-state index in [0.29, 0.717) is 0 Å². The quantitative estimate of drug-likeness (QED) is 0.755. The van der Waals surface area contributed by atoms with Crippen LogP contribution in [0.5, 0.6) is 0 Å². The van der Waals surface area contributed by atoms with Crippen molar-refractivity contribution in [3.05, 3.63) is 30.1 Å². The van der Waals surface area contributed by atoms with Gasteiger partial charge < -0.3 is 0 Å². The van der Waals surface area contributed by atoms with Crippen molar-refractivity contribution in [1.29, 1.82) is 0 Å². The van der Waals surface area contributed by atoms with Crippen molar-refractivity contribution in [3.63, 3.8) is 0 Å². The van der Waals surface area contributed by atoms with Crippen molar-refractivity contribution < 1.29 is 22.4 Å². The summed E-state index contributed by atoms with van der Waals surface area (Å²) in [7, 11) is -3.70. The summed E-state index contributed by atoms with van der Waals surface area (Å²) in [4.78, 5) is 24.3. The minimum atomic E-state index is -3.70. The monoisotopic (exact) mass is 312 g/mol. The lowest BCUT2D eigenvalue weighted by Gasteiger charge is -2.41. The lowest BCUT2D eigenvalue weighted by atomic mass is 10.1. The number of benzene rings is 1. The summed E-state index contributed by atoms with van der Waals surface area (Å²) in [6.07, 6.45) is 0.389. The van der Waals surface area contributed by atoms with E-state index in [1.807, 2.05) is 0 Å². The van der Waals surface area contributed by atoms with E-state index in [9.17, 15) is 22.4 Å². The lowest BCUT2D eigenvalue weighted by Crippen LogP contribution is -2.62. The molecular formula is C13H13FN2O4S. The molecule has 2 aliphatic rings. The molecule has 2 fully saturated rings. The maximum atomic E-state index is 12.8. The van der Waals surface area contributed by atoms with Crippen LogP contribution in [0.25, 0.3) is 0 Å². The van der Waals surface area contributed by atoms with Gasteiger partial charge in [0, 0.05) is 25.9 Å². The largest absolute Gasteiger partial charge is 0.277 e. The van der Waals surface area contributed by atoms with Gasteiger partial charge in [-0.05, 0) is 24.3 Å². The van der Waals surface area contributed by atoms with Gasteiger partial charge in [-0.2, -0.15) is 4.31 Å². The number of imide groups is 1. The van der Waals surface area contributed by atoms with Crippen LogP contribution in [0.1, 0.15) is 12.8 Å². The van der Waals surface area contributed by atoms with Crippen molar-refractivity contribution in [1.82, 2.24) is 9.21 Å². The fourth-order valence-corrected chi connectivity index (χ4v) is 4.05. The molecule has 0 radical (unpaired) electrons. The first-order valence-electron chi connectivity index (χ1n) is 6.50. The highest BCUT2D eigenvalue weighted by molar-refractivity contribution is 7.89. The molecule has 8 heteroatoms. The van der Waals surface area contributed by atoms with E-state index in [-0.39, 0.29) is 48.7 Å². The summed E-state index contributed by atoms with van der Waals surface area (Å²) >= 11 is 0. The van der Waals surface area contributed by atoms with Crippen LogP contribution in [0.15, 0.2) is 29.2 Å². The molecule has 0 saturated carbocycles. The zero-order valence-electron chi connectivity index (χ0n) is 11.0. The van der Waals surface area contributed by atoms with E-state index in [4.69, 9.17) is 0 Å². The molecule has 0 N–H and O–H groups in total. The third-order valence-corrected chi connectivity index (χ3v) is 5.58. The normalized spacial score (nSPS) is 20.9. The molecule has 2 saturated heterocycles. The van der Waals surface area contributed by atoms with Crippen LogP contribution in [-0.4, -0.2) is 48.6 Å². The molecule has 0 atom stereocenters. The highest BCUT2D eigenvalue weighted by Crippen LogP contribution is 2.27. The second kappa shape index (κ2) is 4.88. The number of carbonyl (C=O) groups excluding carboxylic acids is 2. The van der Waals surface area contributed by atoms with E-state index < -0.39 is 15.8 Å². The fourth-order valence-electron chi connectivity index (χ4n) is 2.53. The van der Waals surface area contributed by atoms with Gasteiger partial charge in [0.25, 0.3) is 0 Å². The number of sulfonamides is 1. The summed E-state index contributed by atoms with van der Waals surface area (Å²) in [6.45, 7) is 0.189. The van der Waals surface area contributed by atoms with Crippen LogP contribution < -0.4 is 0 Å². The van der Waals surface area contributed by atoms with Gasteiger partial charge in [0.05, 0.1) is 10.9 Å². The smallest absolute Gasteiger partial charge is 0.243 e. The van der Waals surface area contributed by atoms with Crippen molar-refractivity contribution in [2.24, 2.45) is 0 Å². The molecule has 3 rings (SSSR count). The first-order valence-corrected chi connectivity index (χ1v) is 7.94. The first-order chi connectivity index (χ1) is 9.89. The number of halogens is 1. The van der Waals surface area contributed by atoms with Gasteiger partial charge in [-0.3, -0.25) is 14.5 Å². The number of nitrogens with zero attached hydrogens (tertiary/aromatic N) is 2. The number of likely N-dealkylation sites (tertiary alicyclic amines) is 1. The molecule has 112 valence electrons. The van der Waals surface area contributed by atoms with Crippen LogP contribution in [0.4, 0.5) is 4.39 Å². The summed E-state index contributed by atoms with van der Waals surface area (Å²) in [5, 5.41) is 0. The van der Waals surface area contributed by atoms with E-state index >= 15 is 0 Å². The molecule has 1 aromatic carbocycles. The Kier molecular flexibility index (Phi) is 3.29. The molecule has 2 aliphatic heterocycles.